The molecule has 1 fully saturated rings. The van der Waals surface area contributed by atoms with Gasteiger partial charge in [-0.15, -0.1) is 0 Å². The third kappa shape index (κ3) is 3.33. The first kappa shape index (κ1) is 16.1. The summed E-state index contributed by atoms with van der Waals surface area (Å²) in [7, 11) is -1.92. The zero-order chi connectivity index (χ0) is 15.6. The molecule has 0 spiro atoms. The third-order valence-corrected chi connectivity index (χ3v) is 5.93. The minimum atomic E-state index is -3.53. The zero-order valence-corrected chi connectivity index (χ0v) is 13.4. The third-order valence-electron chi connectivity index (χ3n) is 4.05. The Balaban J connectivity index is 2.23. The van der Waals surface area contributed by atoms with Crippen molar-refractivity contribution in [1.82, 2.24) is 4.31 Å². The molecule has 6 heteroatoms. The highest BCUT2D eigenvalue weighted by Gasteiger charge is 2.33. The maximum absolute atomic E-state index is 12.6. The number of carbonyl (C=O) groups excluding carboxylic acids is 1. The Morgan fingerprint density at radius 1 is 1.29 bits per heavy atom. The molecule has 1 aromatic carbocycles. The molecule has 1 aromatic rings. The second-order valence-corrected chi connectivity index (χ2v) is 7.42. The highest BCUT2D eigenvalue weighted by atomic mass is 32.2. The summed E-state index contributed by atoms with van der Waals surface area (Å²) < 4.78 is 32.1. The van der Waals surface area contributed by atoms with Crippen molar-refractivity contribution in [2.24, 2.45) is 5.92 Å². The largest absolute Gasteiger partial charge is 0.380 e. The van der Waals surface area contributed by atoms with Crippen LogP contribution in [0.25, 0.3) is 0 Å². The summed E-state index contributed by atoms with van der Waals surface area (Å²) >= 11 is 0. The van der Waals surface area contributed by atoms with Gasteiger partial charge >= 0.3 is 0 Å². The number of Topliss-reactive ketones (excluding diaryl/α,β-unsaturated/α-hetero) is 1. The Morgan fingerprint density at radius 3 is 2.43 bits per heavy atom. The summed E-state index contributed by atoms with van der Waals surface area (Å²) in [5, 5.41) is 0. The summed E-state index contributed by atoms with van der Waals surface area (Å²) in [5.41, 5.74) is 0.510. The first-order valence-corrected chi connectivity index (χ1v) is 8.44. The predicted molar refractivity (Wildman–Crippen MR) is 79.8 cm³/mol. The molecule has 5 nitrogen and oxygen atoms in total. The fourth-order valence-electron chi connectivity index (χ4n) is 2.54. The molecule has 0 radical (unpaired) electrons. The van der Waals surface area contributed by atoms with Gasteiger partial charge in [0.25, 0.3) is 0 Å². The number of hydrogen-bond donors (Lipinski definition) is 0. The maximum Gasteiger partial charge on any atom is 0.243 e. The molecule has 0 aromatic heterocycles. The van der Waals surface area contributed by atoms with Gasteiger partial charge in [0.2, 0.25) is 10.0 Å². The minimum Gasteiger partial charge on any atom is -0.380 e. The smallest absolute Gasteiger partial charge is 0.243 e. The normalized spacial score (nSPS) is 24.0. The van der Waals surface area contributed by atoms with E-state index >= 15 is 0 Å². The van der Waals surface area contributed by atoms with Crippen molar-refractivity contribution in [1.29, 1.82) is 0 Å². The van der Waals surface area contributed by atoms with Gasteiger partial charge in [-0.1, -0.05) is 19.1 Å². The van der Waals surface area contributed by atoms with E-state index in [1.54, 1.807) is 19.2 Å². The van der Waals surface area contributed by atoms with E-state index in [2.05, 4.69) is 6.92 Å². The predicted octanol–water partition coefficient (Wildman–Crippen LogP) is 1.93. The van der Waals surface area contributed by atoms with Crippen molar-refractivity contribution in [3.8, 4) is 0 Å². The van der Waals surface area contributed by atoms with Gasteiger partial charge in [-0.05, 0) is 31.4 Å². The molecule has 2 unspecified atom stereocenters. The van der Waals surface area contributed by atoms with Crippen molar-refractivity contribution in [3.05, 3.63) is 29.8 Å². The maximum atomic E-state index is 12.6. The number of nitrogens with zero attached hydrogens (tertiary/aromatic N) is 1. The van der Waals surface area contributed by atoms with E-state index in [0.717, 1.165) is 6.42 Å². The number of ketones is 1. The van der Waals surface area contributed by atoms with Gasteiger partial charge in [0.05, 0.1) is 11.0 Å². The summed E-state index contributed by atoms with van der Waals surface area (Å²) in [4.78, 5) is 11.5. The van der Waals surface area contributed by atoms with Crippen LogP contribution in [0.4, 0.5) is 0 Å². The summed E-state index contributed by atoms with van der Waals surface area (Å²) in [6.07, 6.45) is 0.702. The van der Waals surface area contributed by atoms with E-state index in [0.29, 0.717) is 24.6 Å². The molecule has 116 valence electrons. The fraction of sp³-hybridized carbons (Fsp3) is 0.533. The van der Waals surface area contributed by atoms with E-state index in [-0.39, 0.29) is 16.8 Å². The topological polar surface area (TPSA) is 63.7 Å². The molecule has 0 aliphatic carbocycles. The zero-order valence-electron chi connectivity index (χ0n) is 12.6. The molecular formula is C15H21NO4S. The van der Waals surface area contributed by atoms with Crippen LogP contribution in [0.2, 0.25) is 0 Å². The monoisotopic (exact) mass is 311 g/mol. The van der Waals surface area contributed by atoms with Crippen LogP contribution in [0.5, 0.6) is 0 Å². The lowest BCUT2D eigenvalue weighted by atomic mass is 9.97. The van der Waals surface area contributed by atoms with Crippen LogP contribution in [0.1, 0.15) is 30.6 Å². The van der Waals surface area contributed by atoms with Crippen LogP contribution in [0.3, 0.4) is 0 Å². The second kappa shape index (κ2) is 6.25. The highest BCUT2D eigenvalue weighted by molar-refractivity contribution is 7.89. The Kier molecular flexibility index (Phi) is 4.81. The SMILES string of the molecule is COC1CN(S(=O)(=O)c2ccc(C(C)=O)cc2)CCC1C. The average Bonchev–Trinajstić information content (AvgIpc) is 2.47. The van der Waals surface area contributed by atoms with Gasteiger partial charge in [0.1, 0.15) is 0 Å². The van der Waals surface area contributed by atoms with Crippen LogP contribution < -0.4 is 0 Å². The molecular weight excluding hydrogens is 290 g/mol. The Hall–Kier alpha value is -1.24. The van der Waals surface area contributed by atoms with Crippen LogP contribution >= 0.6 is 0 Å². The van der Waals surface area contributed by atoms with E-state index in [1.165, 1.54) is 23.4 Å². The number of hydrogen-bond acceptors (Lipinski definition) is 4. The molecule has 0 amide bonds. The number of sulfonamides is 1. The van der Waals surface area contributed by atoms with Crippen LogP contribution in [-0.2, 0) is 14.8 Å². The van der Waals surface area contributed by atoms with Crippen molar-refractivity contribution >= 4 is 15.8 Å². The van der Waals surface area contributed by atoms with Gasteiger partial charge in [-0.25, -0.2) is 8.42 Å². The van der Waals surface area contributed by atoms with Crippen molar-refractivity contribution in [3.63, 3.8) is 0 Å². The average molecular weight is 311 g/mol. The van der Waals surface area contributed by atoms with Crippen LogP contribution in [0.15, 0.2) is 29.2 Å². The summed E-state index contributed by atoms with van der Waals surface area (Å²) in [6, 6.07) is 6.09. The quantitative estimate of drug-likeness (QED) is 0.797. The highest BCUT2D eigenvalue weighted by Crippen LogP contribution is 2.25. The van der Waals surface area contributed by atoms with Crippen LogP contribution in [0, 0.1) is 5.92 Å². The molecule has 1 aliphatic rings. The minimum absolute atomic E-state index is 0.0785. The van der Waals surface area contributed by atoms with Crippen molar-refractivity contribution in [2.75, 3.05) is 20.2 Å². The molecule has 1 aliphatic heterocycles. The first-order valence-electron chi connectivity index (χ1n) is 7.00. The molecule has 2 atom stereocenters. The Labute approximate surface area is 126 Å². The lowest BCUT2D eigenvalue weighted by Crippen LogP contribution is -2.46. The number of ether oxygens (including phenoxy) is 1. The fourth-order valence-corrected chi connectivity index (χ4v) is 4.01. The molecule has 0 bridgehead atoms. The van der Waals surface area contributed by atoms with Gasteiger partial charge in [-0.2, -0.15) is 4.31 Å². The van der Waals surface area contributed by atoms with Gasteiger partial charge < -0.3 is 4.74 Å². The molecule has 0 saturated carbocycles. The number of benzene rings is 1. The van der Waals surface area contributed by atoms with Gasteiger partial charge in [0, 0.05) is 25.8 Å². The standard InChI is InChI=1S/C15H21NO4S/c1-11-8-9-16(10-15(11)20-3)21(18,19)14-6-4-13(5-7-14)12(2)17/h4-7,11,15H,8-10H2,1-3H3. The van der Waals surface area contributed by atoms with Crippen molar-refractivity contribution < 1.29 is 17.9 Å². The lowest BCUT2D eigenvalue weighted by Gasteiger charge is -2.35. The molecule has 1 saturated heterocycles. The summed E-state index contributed by atoms with van der Waals surface area (Å²) in [6.45, 7) is 4.39. The lowest BCUT2D eigenvalue weighted by molar-refractivity contribution is 0.0184. The molecule has 21 heavy (non-hydrogen) atoms. The van der Waals surface area contributed by atoms with E-state index in [1.807, 2.05) is 0 Å². The molecule has 0 N–H and O–H groups in total. The van der Waals surface area contributed by atoms with Crippen LogP contribution in [-0.4, -0.2) is 44.8 Å². The van der Waals surface area contributed by atoms with E-state index in [9.17, 15) is 13.2 Å². The number of rotatable bonds is 4. The van der Waals surface area contributed by atoms with E-state index in [4.69, 9.17) is 4.74 Å². The molecule has 1 heterocycles. The Bertz CT molecular complexity index is 609. The number of piperidine rings is 1. The Morgan fingerprint density at radius 2 is 1.90 bits per heavy atom. The van der Waals surface area contributed by atoms with Crippen molar-refractivity contribution in [2.45, 2.75) is 31.3 Å². The number of carbonyl (C=O) groups is 1. The van der Waals surface area contributed by atoms with Gasteiger partial charge in [0.15, 0.2) is 5.78 Å². The van der Waals surface area contributed by atoms with Gasteiger partial charge in [-0.3, -0.25) is 4.79 Å². The second-order valence-electron chi connectivity index (χ2n) is 5.48. The molecule has 2 rings (SSSR count). The van der Waals surface area contributed by atoms with E-state index < -0.39 is 10.0 Å². The summed E-state index contributed by atoms with van der Waals surface area (Å²) in [5.74, 6) is 0.270. The first-order chi connectivity index (χ1) is 9.86. The number of methoxy groups -OCH3 is 1.